The minimum Gasteiger partial charge on any atom is -0.481 e. The summed E-state index contributed by atoms with van der Waals surface area (Å²) in [5, 5.41) is 5.77. The van der Waals surface area contributed by atoms with Gasteiger partial charge in [-0.1, -0.05) is 0 Å². The van der Waals surface area contributed by atoms with Gasteiger partial charge < -0.3 is 21.1 Å². The summed E-state index contributed by atoms with van der Waals surface area (Å²) in [6, 6.07) is 6.76. The van der Waals surface area contributed by atoms with Gasteiger partial charge in [0.1, 0.15) is 11.4 Å². The molecule has 3 rings (SSSR count). The molecule has 2 amide bonds. The molecule has 1 aliphatic heterocycles. The number of hydrogen-bond donors (Lipinski definition) is 3. The van der Waals surface area contributed by atoms with Crippen LogP contribution in [-0.2, 0) is 11.3 Å². The second-order valence-electron chi connectivity index (χ2n) is 6.77. The predicted octanol–water partition coefficient (Wildman–Crippen LogP) is 1.55. The van der Waals surface area contributed by atoms with Crippen molar-refractivity contribution < 1.29 is 27.5 Å². The van der Waals surface area contributed by atoms with Gasteiger partial charge >= 0.3 is 6.18 Å². The SMILES string of the molecule is CC(Oc1ccc(-c2nc(CN[C@H]3CCNC3=O)cc(C(N)=O)n2)cc1)C(F)(F)F. The molecule has 1 unspecified atom stereocenters. The average Bonchev–Trinajstić information content (AvgIpc) is 3.10. The first kappa shape index (κ1) is 21.5. The number of primary amides is 1. The number of alkyl halides is 3. The fourth-order valence-electron chi connectivity index (χ4n) is 2.81. The molecule has 2 aromatic rings. The largest absolute Gasteiger partial charge is 0.481 e. The lowest BCUT2D eigenvalue weighted by atomic mass is 10.2. The molecule has 1 saturated heterocycles. The predicted molar refractivity (Wildman–Crippen MR) is 100 cm³/mol. The van der Waals surface area contributed by atoms with E-state index in [2.05, 4.69) is 20.6 Å². The Balaban J connectivity index is 1.79. The van der Waals surface area contributed by atoms with E-state index in [4.69, 9.17) is 10.5 Å². The molecule has 1 aromatic carbocycles. The van der Waals surface area contributed by atoms with Crippen molar-refractivity contribution in [2.45, 2.75) is 38.2 Å². The second kappa shape index (κ2) is 8.66. The zero-order valence-electron chi connectivity index (χ0n) is 16.0. The van der Waals surface area contributed by atoms with Gasteiger partial charge in [-0.25, -0.2) is 9.97 Å². The molecular formula is C19H20F3N5O3. The topological polar surface area (TPSA) is 119 Å². The third kappa shape index (κ3) is 5.23. The molecule has 0 saturated carbocycles. The van der Waals surface area contributed by atoms with Crippen molar-refractivity contribution in [1.29, 1.82) is 0 Å². The van der Waals surface area contributed by atoms with E-state index in [0.717, 1.165) is 6.92 Å². The number of hydrogen-bond acceptors (Lipinski definition) is 6. The Morgan fingerprint density at radius 1 is 1.33 bits per heavy atom. The highest BCUT2D eigenvalue weighted by Gasteiger charge is 2.38. The van der Waals surface area contributed by atoms with Crippen LogP contribution in [-0.4, -0.2) is 46.6 Å². The monoisotopic (exact) mass is 423 g/mol. The molecule has 0 bridgehead atoms. The Morgan fingerprint density at radius 2 is 2.03 bits per heavy atom. The van der Waals surface area contributed by atoms with Crippen LogP contribution >= 0.6 is 0 Å². The van der Waals surface area contributed by atoms with Crippen LogP contribution in [0.4, 0.5) is 13.2 Å². The zero-order valence-corrected chi connectivity index (χ0v) is 16.0. The summed E-state index contributed by atoms with van der Waals surface area (Å²) in [6.45, 7) is 1.70. The van der Waals surface area contributed by atoms with Crippen LogP contribution in [0.2, 0.25) is 0 Å². The van der Waals surface area contributed by atoms with Crippen molar-refractivity contribution in [2.24, 2.45) is 5.73 Å². The molecule has 160 valence electrons. The van der Waals surface area contributed by atoms with Crippen molar-refractivity contribution >= 4 is 11.8 Å². The number of amides is 2. The van der Waals surface area contributed by atoms with Crippen molar-refractivity contribution in [1.82, 2.24) is 20.6 Å². The third-order valence-electron chi connectivity index (χ3n) is 4.50. The minimum absolute atomic E-state index is 0.0151. The number of ether oxygens (including phenoxy) is 1. The quantitative estimate of drug-likeness (QED) is 0.622. The highest BCUT2D eigenvalue weighted by Crippen LogP contribution is 2.26. The Kier molecular flexibility index (Phi) is 6.20. The molecule has 30 heavy (non-hydrogen) atoms. The Morgan fingerprint density at radius 3 is 2.60 bits per heavy atom. The van der Waals surface area contributed by atoms with Crippen LogP contribution < -0.4 is 21.1 Å². The normalized spacial score (nSPS) is 17.5. The Bertz CT molecular complexity index is 934. The fourth-order valence-corrected chi connectivity index (χ4v) is 2.81. The number of nitrogens with two attached hydrogens (primary N) is 1. The van der Waals surface area contributed by atoms with Crippen molar-refractivity contribution in [3.8, 4) is 17.1 Å². The van der Waals surface area contributed by atoms with E-state index in [-0.39, 0.29) is 35.8 Å². The number of aromatic nitrogens is 2. The maximum absolute atomic E-state index is 12.6. The third-order valence-corrected chi connectivity index (χ3v) is 4.50. The maximum Gasteiger partial charge on any atom is 0.425 e. The summed E-state index contributed by atoms with van der Waals surface area (Å²) in [5.74, 6) is -0.654. The van der Waals surface area contributed by atoms with Crippen LogP contribution in [0.3, 0.4) is 0 Å². The van der Waals surface area contributed by atoms with E-state index in [1.807, 2.05) is 0 Å². The summed E-state index contributed by atoms with van der Waals surface area (Å²) in [4.78, 5) is 31.8. The molecule has 0 radical (unpaired) electrons. The molecule has 0 spiro atoms. The number of benzene rings is 1. The smallest absolute Gasteiger partial charge is 0.425 e. The van der Waals surface area contributed by atoms with Crippen LogP contribution in [0, 0.1) is 0 Å². The molecular weight excluding hydrogens is 403 g/mol. The van der Waals surface area contributed by atoms with Gasteiger partial charge in [0.15, 0.2) is 11.9 Å². The molecule has 8 nitrogen and oxygen atoms in total. The maximum atomic E-state index is 12.6. The van der Waals surface area contributed by atoms with Gasteiger partial charge in [0, 0.05) is 18.7 Å². The minimum atomic E-state index is -4.48. The van der Waals surface area contributed by atoms with Gasteiger partial charge in [-0.3, -0.25) is 9.59 Å². The number of nitrogens with one attached hydrogen (secondary N) is 2. The number of carbonyl (C=O) groups is 2. The van der Waals surface area contributed by atoms with Crippen LogP contribution in [0.25, 0.3) is 11.4 Å². The number of rotatable bonds is 7. The molecule has 1 aliphatic rings. The zero-order chi connectivity index (χ0) is 21.9. The van der Waals surface area contributed by atoms with E-state index < -0.39 is 18.2 Å². The van der Waals surface area contributed by atoms with Crippen LogP contribution in [0.1, 0.15) is 29.5 Å². The van der Waals surface area contributed by atoms with E-state index in [1.54, 1.807) is 0 Å². The van der Waals surface area contributed by atoms with Gasteiger partial charge in [0.25, 0.3) is 5.91 Å². The first-order chi connectivity index (χ1) is 14.1. The first-order valence-electron chi connectivity index (χ1n) is 9.16. The van der Waals surface area contributed by atoms with Crippen LogP contribution in [0.5, 0.6) is 5.75 Å². The van der Waals surface area contributed by atoms with Gasteiger partial charge in [0.05, 0.1) is 11.7 Å². The number of nitrogens with zero attached hydrogens (tertiary/aromatic N) is 2. The molecule has 2 heterocycles. The Hall–Kier alpha value is -3.21. The van der Waals surface area contributed by atoms with Gasteiger partial charge in [-0.15, -0.1) is 0 Å². The lowest BCUT2D eigenvalue weighted by molar-refractivity contribution is -0.189. The number of halogens is 3. The first-order valence-corrected chi connectivity index (χ1v) is 9.16. The van der Waals surface area contributed by atoms with Gasteiger partial charge in [-0.2, -0.15) is 13.2 Å². The summed E-state index contributed by atoms with van der Waals surface area (Å²) < 4.78 is 42.8. The molecule has 1 fully saturated rings. The summed E-state index contributed by atoms with van der Waals surface area (Å²) in [5.41, 5.74) is 6.24. The standard InChI is InChI=1S/C19H20F3N5O3/c1-10(19(20,21)22)30-13-4-2-11(3-5-13)17-26-12(8-15(27-17)16(23)28)9-25-14-6-7-24-18(14)29/h2-5,8,10,14,25H,6-7,9H2,1H3,(H2,23,28)(H,24,29)/t10?,14-/m0/s1. The van der Waals surface area contributed by atoms with Crippen molar-refractivity contribution in [3.63, 3.8) is 0 Å². The summed E-state index contributed by atoms with van der Waals surface area (Å²) in [6.07, 6.45) is -5.80. The lowest BCUT2D eigenvalue weighted by Crippen LogP contribution is -2.36. The number of carbonyl (C=O) groups excluding carboxylic acids is 2. The van der Waals surface area contributed by atoms with Gasteiger partial charge in [0.2, 0.25) is 5.91 Å². The highest BCUT2D eigenvalue weighted by molar-refractivity contribution is 5.91. The lowest BCUT2D eigenvalue weighted by Gasteiger charge is -2.17. The van der Waals surface area contributed by atoms with E-state index in [9.17, 15) is 22.8 Å². The van der Waals surface area contributed by atoms with Crippen molar-refractivity contribution in [2.75, 3.05) is 6.54 Å². The summed E-state index contributed by atoms with van der Waals surface area (Å²) >= 11 is 0. The van der Waals surface area contributed by atoms with Crippen molar-refractivity contribution in [3.05, 3.63) is 41.7 Å². The molecule has 1 aromatic heterocycles. The molecule has 2 atom stereocenters. The fraction of sp³-hybridized carbons (Fsp3) is 0.368. The van der Waals surface area contributed by atoms with E-state index in [0.29, 0.717) is 24.2 Å². The van der Waals surface area contributed by atoms with E-state index >= 15 is 0 Å². The Labute approximate surface area is 170 Å². The molecule has 0 aliphatic carbocycles. The molecule has 11 heteroatoms. The van der Waals surface area contributed by atoms with Crippen LogP contribution in [0.15, 0.2) is 30.3 Å². The highest BCUT2D eigenvalue weighted by atomic mass is 19.4. The average molecular weight is 423 g/mol. The second-order valence-corrected chi connectivity index (χ2v) is 6.77. The van der Waals surface area contributed by atoms with E-state index in [1.165, 1.54) is 30.3 Å². The summed E-state index contributed by atoms with van der Waals surface area (Å²) in [7, 11) is 0. The van der Waals surface area contributed by atoms with Gasteiger partial charge in [-0.05, 0) is 43.7 Å². The molecule has 4 N–H and O–H groups in total.